The van der Waals surface area contributed by atoms with Crippen molar-refractivity contribution in [2.45, 2.75) is 12.8 Å². The highest BCUT2D eigenvalue weighted by atomic mass is 19.4. The zero-order valence-electron chi connectivity index (χ0n) is 7.60. The Morgan fingerprint density at radius 1 is 1.20 bits per heavy atom. The largest absolute Gasteiger partial charge is 0.416 e. The van der Waals surface area contributed by atoms with Gasteiger partial charge in [-0.1, -0.05) is 0 Å². The minimum absolute atomic E-state index is 0.212. The number of nitrogens with one attached hydrogen (secondary N) is 1. The molecule has 2 aromatic rings. The van der Waals surface area contributed by atoms with E-state index < -0.39 is 11.7 Å². The molecule has 1 aromatic heterocycles. The normalized spacial score (nSPS) is 12.3. The first-order chi connectivity index (χ1) is 7.00. The molecule has 0 atom stereocenters. The highest BCUT2D eigenvalue weighted by Gasteiger charge is 2.30. The third kappa shape index (κ3) is 1.83. The van der Waals surface area contributed by atoms with E-state index in [2.05, 4.69) is 4.98 Å². The van der Waals surface area contributed by atoms with E-state index in [-0.39, 0.29) is 6.61 Å². The van der Waals surface area contributed by atoms with Crippen LogP contribution >= 0.6 is 0 Å². The van der Waals surface area contributed by atoms with Crippen LogP contribution in [0.2, 0.25) is 0 Å². The molecule has 0 fully saturated rings. The van der Waals surface area contributed by atoms with Crippen molar-refractivity contribution in [1.82, 2.24) is 4.98 Å². The summed E-state index contributed by atoms with van der Waals surface area (Å²) in [5.74, 6) is 0. The third-order valence-electron chi connectivity index (χ3n) is 2.17. The van der Waals surface area contributed by atoms with Gasteiger partial charge in [-0.25, -0.2) is 0 Å². The lowest BCUT2D eigenvalue weighted by atomic mass is 10.1. The Bertz CT molecular complexity index is 487. The van der Waals surface area contributed by atoms with Gasteiger partial charge in [-0.15, -0.1) is 0 Å². The van der Waals surface area contributed by atoms with E-state index in [0.717, 1.165) is 12.1 Å². The molecule has 0 bridgehead atoms. The minimum atomic E-state index is -4.33. The maximum atomic E-state index is 12.3. The van der Waals surface area contributed by atoms with Crippen molar-refractivity contribution in [1.29, 1.82) is 0 Å². The number of aromatic amines is 1. The number of fused-ring (bicyclic) bond motifs is 1. The van der Waals surface area contributed by atoms with Gasteiger partial charge in [-0.05, 0) is 24.3 Å². The van der Waals surface area contributed by atoms with Crippen molar-refractivity contribution < 1.29 is 18.3 Å². The molecule has 0 aliphatic heterocycles. The van der Waals surface area contributed by atoms with Gasteiger partial charge in [0.15, 0.2) is 0 Å². The Balaban J connectivity index is 2.55. The number of halogens is 3. The molecule has 0 radical (unpaired) electrons. The lowest BCUT2D eigenvalue weighted by Gasteiger charge is -2.05. The van der Waals surface area contributed by atoms with Gasteiger partial charge in [-0.2, -0.15) is 13.2 Å². The lowest BCUT2D eigenvalue weighted by molar-refractivity contribution is -0.137. The number of benzene rings is 1. The van der Waals surface area contributed by atoms with Gasteiger partial charge in [0, 0.05) is 16.6 Å². The molecule has 5 heteroatoms. The number of H-pyrrole nitrogens is 1. The van der Waals surface area contributed by atoms with E-state index >= 15 is 0 Å². The number of aliphatic hydroxyl groups excluding tert-OH is 1. The zero-order chi connectivity index (χ0) is 11.1. The summed E-state index contributed by atoms with van der Waals surface area (Å²) in [6.07, 6.45) is -4.33. The van der Waals surface area contributed by atoms with Gasteiger partial charge in [0.2, 0.25) is 0 Å². The van der Waals surface area contributed by atoms with Crippen LogP contribution in [0.1, 0.15) is 11.3 Å². The van der Waals surface area contributed by atoms with Crippen LogP contribution in [0.4, 0.5) is 13.2 Å². The van der Waals surface area contributed by atoms with E-state index in [1.54, 1.807) is 0 Å². The van der Waals surface area contributed by atoms with Gasteiger partial charge >= 0.3 is 6.18 Å². The summed E-state index contributed by atoms with van der Waals surface area (Å²) in [6.45, 7) is -0.212. The van der Waals surface area contributed by atoms with Crippen LogP contribution < -0.4 is 0 Å². The van der Waals surface area contributed by atoms with Crippen LogP contribution in [0.15, 0.2) is 24.3 Å². The predicted octanol–water partition coefficient (Wildman–Crippen LogP) is 2.68. The quantitative estimate of drug-likeness (QED) is 0.753. The zero-order valence-corrected chi connectivity index (χ0v) is 7.60. The van der Waals surface area contributed by atoms with Crippen molar-refractivity contribution in [3.63, 3.8) is 0 Å². The second kappa shape index (κ2) is 3.27. The molecule has 2 N–H and O–H groups in total. The standard InChI is InChI=1S/C10H8F3NO/c11-10(12,13)7-1-2-9-6(3-7)4-8(5-15)14-9/h1-4,14-15H,5H2. The Hall–Kier alpha value is -1.49. The summed E-state index contributed by atoms with van der Waals surface area (Å²) in [7, 11) is 0. The molecule has 2 nitrogen and oxygen atoms in total. The molecule has 0 amide bonds. The molecule has 1 heterocycles. The minimum Gasteiger partial charge on any atom is -0.390 e. The first-order valence-electron chi connectivity index (χ1n) is 4.30. The van der Waals surface area contributed by atoms with Crippen molar-refractivity contribution in [2.75, 3.05) is 0 Å². The SMILES string of the molecule is OCc1cc2cc(C(F)(F)F)ccc2[nH]1. The Labute approximate surface area is 83.3 Å². The van der Waals surface area contributed by atoms with Crippen LogP contribution in [0, 0.1) is 0 Å². The number of aromatic nitrogens is 1. The Morgan fingerprint density at radius 3 is 2.53 bits per heavy atom. The summed E-state index contributed by atoms with van der Waals surface area (Å²) >= 11 is 0. The number of aliphatic hydroxyl groups is 1. The average molecular weight is 215 g/mol. The van der Waals surface area contributed by atoms with Gasteiger partial charge in [0.05, 0.1) is 12.2 Å². The van der Waals surface area contributed by atoms with Gasteiger partial charge in [-0.3, -0.25) is 0 Å². The monoisotopic (exact) mass is 215 g/mol. The van der Waals surface area contributed by atoms with Gasteiger partial charge in [0.1, 0.15) is 0 Å². The topological polar surface area (TPSA) is 36.0 Å². The van der Waals surface area contributed by atoms with Crippen molar-refractivity contribution in [3.05, 3.63) is 35.5 Å². The fraction of sp³-hybridized carbons (Fsp3) is 0.200. The fourth-order valence-electron chi connectivity index (χ4n) is 1.45. The Kier molecular flexibility index (Phi) is 2.19. The van der Waals surface area contributed by atoms with Crippen LogP contribution in [0.25, 0.3) is 10.9 Å². The van der Waals surface area contributed by atoms with E-state index in [1.165, 1.54) is 12.1 Å². The maximum Gasteiger partial charge on any atom is 0.416 e. The number of rotatable bonds is 1. The smallest absolute Gasteiger partial charge is 0.390 e. The van der Waals surface area contributed by atoms with Gasteiger partial charge in [0.25, 0.3) is 0 Å². The van der Waals surface area contributed by atoms with E-state index in [4.69, 9.17) is 5.11 Å². The summed E-state index contributed by atoms with van der Waals surface area (Å²) < 4.78 is 37.0. The molecule has 0 aliphatic carbocycles. The van der Waals surface area contributed by atoms with Crippen molar-refractivity contribution >= 4 is 10.9 Å². The van der Waals surface area contributed by atoms with E-state index in [9.17, 15) is 13.2 Å². The summed E-state index contributed by atoms with van der Waals surface area (Å²) in [4.78, 5) is 2.81. The van der Waals surface area contributed by atoms with E-state index in [1.807, 2.05) is 0 Å². The molecule has 2 rings (SSSR count). The second-order valence-electron chi connectivity index (χ2n) is 3.25. The first kappa shape index (κ1) is 10.0. The van der Waals surface area contributed by atoms with Crippen molar-refractivity contribution in [3.8, 4) is 0 Å². The number of alkyl halides is 3. The van der Waals surface area contributed by atoms with Crippen LogP contribution in [0.5, 0.6) is 0 Å². The summed E-state index contributed by atoms with van der Waals surface area (Å²) in [5.41, 5.74) is 0.412. The molecule has 0 spiro atoms. The van der Waals surface area contributed by atoms with Crippen LogP contribution in [-0.4, -0.2) is 10.1 Å². The maximum absolute atomic E-state index is 12.3. The molecule has 80 valence electrons. The summed E-state index contributed by atoms with van der Waals surface area (Å²) in [5, 5.41) is 9.27. The molecular weight excluding hydrogens is 207 g/mol. The number of hydrogen-bond donors (Lipinski definition) is 2. The predicted molar refractivity (Wildman–Crippen MR) is 49.2 cm³/mol. The molecule has 0 saturated carbocycles. The molecule has 15 heavy (non-hydrogen) atoms. The first-order valence-corrected chi connectivity index (χ1v) is 4.30. The summed E-state index contributed by atoms with van der Waals surface area (Å²) in [6, 6.07) is 4.94. The lowest BCUT2D eigenvalue weighted by Crippen LogP contribution is -2.03. The molecule has 0 unspecified atom stereocenters. The Morgan fingerprint density at radius 2 is 1.93 bits per heavy atom. The second-order valence-corrected chi connectivity index (χ2v) is 3.25. The molecule has 0 saturated heterocycles. The van der Waals surface area contributed by atoms with Gasteiger partial charge < -0.3 is 10.1 Å². The van der Waals surface area contributed by atoms with Crippen LogP contribution in [0.3, 0.4) is 0 Å². The highest BCUT2D eigenvalue weighted by Crippen LogP contribution is 2.31. The van der Waals surface area contributed by atoms with E-state index in [0.29, 0.717) is 16.6 Å². The molecule has 0 aliphatic rings. The highest BCUT2D eigenvalue weighted by molar-refractivity contribution is 5.81. The average Bonchev–Trinajstić information content (AvgIpc) is 2.57. The third-order valence-corrected chi connectivity index (χ3v) is 2.17. The number of hydrogen-bond acceptors (Lipinski definition) is 1. The fourth-order valence-corrected chi connectivity index (χ4v) is 1.45. The molecular formula is C10H8F3NO. The van der Waals surface area contributed by atoms with Crippen molar-refractivity contribution in [2.24, 2.45) is 0 Å². The molecule has 1 aromatic carbocycles. The van der Waals surface area contributed by atoms with Crippen LogP contribution in [-0.2, 0) is 12.8 Å².